The lowest BCUT2D eigenvalue weighted by Gasteiger charge is -2.29. The molecule has 1 N–H and O–H groups in total. The van der Waals surface area contributed by atoms with Gasteiger partial charge in [0.1, 0.15) is 4.90 Å². The quantitative estimate of drug-likeness (QED) is 0.738. The maximum atomic E-state index is 11.8. The first kappa shape index (κ1) is 8.71. The average molecular weight is 201 g/mol. The van der Waals surface area contributed by atoms with Gasteiger partial charge < -0.3 is 0 Å². The van der Waals surface area contributed by atoms with Gasteiger partial charge in [-0.05, 0) is 13.3 Å². The third-order valence-electron chi connectivity index (χ3n) is 2.22. The fourth-order valence-electron chi connectivity index (χ4n) is 1.27. The summed E-state index contributed by atoms with van der Waals surface area (Å²) >= 11 is 0. The predicted molar refractivity (Wildman–Crippen MR) is 46.7 cm³/mol. The summed E-state index contributed by atoms with van der Waals surface area (Å²) in [6, 6.07) is 0. The Morgan fingerprint density at radius 2 is 2.23 bits per heavy atom. The number of aromatic nitrogens is 2. The summed E-state index contributed by atoms with van der Waals surface area (Å²) in [6.45, 7) is 2.97. The highest BCUT2D eigenvalue weighted by Gasteiger charge is 2.31. The Bertz CT molecular complexity index is 405. The van der Waals surface area contributed by atoms with Crippen LogP contribution >= 0.6 is 0 Å². The summed E-state index contributed by atoms with van der Waals surface area (Å²) in [5.41, 5.74) is 0.604. The van der Waals surface area contributed by atoms with Crippen molar-refractivity contribution in [1.29, 1.82) is 0 Å². The lowest BCUT2D eigenvalue weighted by molar-refractivity contribution is 0.309. The Kier molecular flexibility index (Phi) is 1.88. The van der Waals surface area contributed by atoms with Gasteiger partial charge >= 0.3 is 0 Å². The Balaban J connectivity index is 2.39. The summed E-state index contributed by atoms with van der Waals surface area (Å²) < 4.78 is 25.0. The van der Waals surface area contributed by atoms with E-state index in [2.05, 4.69) is 10.2 Å². The highest BCUT2D eigenvalue weighted by molar-refractivity contribution is 7.89. The minimum atomic E-state index is -3.25. The SMILES string of the molecule is Cc1[nH]ncc1S(=O)(=O)N1CCC1. The molecule has 0 unspecified atom stereocenters. The van der Waals surface area contributed by atoms with Crippen molar-refractivity contribution < 1.29 is 8.42 Å². The maximum absolute atomic E-state index is 11.8. The lowest BCUT2D eigenvalue weighted by Crippen LogP contribution is -2.42. The molecule has 13 heavy (non-hydrogen) atoms. The van der Waals surface area contributed by atoms with Gasteiger partial charge in [-0.1, -0.05) is 0 Å². The van der Waals surface area contributed by atoms with Gasteiger partial charge in [-0.3, -0.25) is 5.10 Å². The standard InChI is InChI=1S/C7H11N3O2S/c1-6-7(5-8-9-6)13(11,12)10-3-2-4-10/h5H,2-4H2,1H3,(H,8,9). The minimum absolute atomic E-state index is 0.298. The number of sulfonamides is 1. The summed E-state index contributed by atoms with van der Waals surface area (Å²) in [5, 5.41) is 6.32. The van der Waals surface area contributed by atoms with Crippen LogP contribution in [0.15, 0.2) is 11.1 Å². The Morgan fingerprint density at radius 1 is 1.54 bits per heavy atom. The minimum Gasteiger partial charge on any atom is -0.281 e. The van der Waals surface area contributed by atoms with Crippen LogP contribution in [0, 0.1) is 6.92 Å². The number of aromatic amines is 1. The number of hydrogen-bond donors (Lipinski definition) is 1. The first-order valence-electron chi connectivity index (χ1n) is 4.12. The van der Waals surface area contributed by atoms with Crippen molar-refractivity contribution in [2.45, 2.75) is 18.2 Å². The van der Waals surface area contributed by atoms with Gasteiger partial charge in [-0.2, -0.15) is 9.40 Å². The molecule has 2 rings (SSSR count). The average Bonchev–Trinajstić information content (AvgIpc) is 2.29. The van der Waals surface area contributed by atoms with Crippen LogP contribution in [0.4, 0.5) is 0 Å². The van der Waals surface area contributed by atoms with Crippen LogP contribution in [0.1, 0.15) is 12.1 Å². The molecule has 1 aromatic rings. The normalized spacial score (nSPS) is 18.5. The number of rotatable bonds is 2. The second kappa shape index (κ2) is 2.81. The molecule has 0 spiro atoms. The molecule has 72 valence electrons. The molecular weight excluding hydrogens is 190 g/mol. The van der Waals surface area contributed by atoms with Crippen molar-refractivity contribution in [1.82, 2.24) is 14.5 Å². The molecule has 1 saturated heterocycles. The fourth-order valence-corrected chi connectivity index (χ4v) is 2.90. The molecule has 0 radical (unpaired) electrons. The van der Waals surface area contributed by atoms with Crippen molar-refractivity contribution >= 4 is 10.0 Å². The Labute approximate surface area is 76.8 Å². The molecule has 1 aliphatic rings. The zero-order valence-electron chi connectivity index (χ0n) is 7.32. The van der Waals surface area contributed by atoms with E-state index in [0.29, 0.717) is 23.7 Å². The van der Waals surface area contributed by atoms with Crippen molar-refractivity contribution in [3.05, 3.63) is 11.9 Å². The van der Waals surface area contributed by atoms with Gasteiger partial charge in [-0.25, -0.2) is 8.42 Å². The van der Waals surface area contributed by atoms with E-state index in [-0.39, 0.29) is 0 Å². The second-order valence-electron chi connectivity index (χ2n) is 3.12. The summed E-state index contributed by atoms with van der Waals surface area (Å²) in [4.78, 5) is 0.298. The molecule has 0 saturated carbocycles. The lowest BCUT2D eigenvalue weighted by atomic mass is 10.3. The van der Waals surface area contributed by atoms with E-state index in [0.717, 1.165) is 6.42 Å². The van der Waals surface area contributed by atoms with Gasteiger partial charge in [-0.15, -0.1) is 0 Å². The van der Waals surface area contributed by atoms with E-state index in [1.165, 1.54) is 10.5 Å². The zero-order chi connectivity index (χ0) is 9.47. The van der Waals surface area contributed by atoms with Gasteiger partial charge in [0.2, 0.25) is 10.0 Å². The highest BCUT2D eigenvalue weighted by Crippen LogP contribution is 2.21. The Morgan fingerprint density at radius 3 is 2.62 bits per heavy atom. The fraction of sp³-hybridized carbons (Fsp3) is 0.571. The maximum Gasteiger partial charge on any atom is 0.246 e. The number of H-pyrrole nitrogens is 1. The summed E-state index contributed by atoms with van der Waals surface area (Å²) in [7, 11) is -3.25. The van der Waals surface area contributed by atoms with E-state index in [4.69, 9.17) is 0 Å². The van der Waals surface area contributed by atoms with Crippen LogP contribution in [-0.2, 0) is 10.0 Å². The first-order chi connectivity index (χ1) is 6.12. The molecular formula is C7H11N3O2S. The number of nitrogens with one attached hydrogen (secondary N) is 1. The van der Waals surface area contributed by atoms with Crippen molar-refractivity contribution in [3.8, 4) is 0 Å². The smallest absolute Gasteiger partial charge is 0.246 e. The first-order valence-corrected chi connectivity index (χ1v) is 5.56. The number of nitrogens with zero attached hydrogens (tertiary/aromatic N) is 2. The van der Waals surface area contributed by atoms with E-state index in [1.54, 1.807) is 6.92 Å². The molecule has 5 nitrogen and oxygen atoms in total. The monoisotopic (exact) mass is 201 g/mol. The molecule has 1 fully saturated rings. The molecule has 0 bridgehead atoms. The number of hydrogen-bond acceptors (Lipinski definition) is 3. The van der Waals surface area contributed by atoms with Crippen molar-refractivity contribution in [2.75, 3.05) is 13.1 Å². The summed E-state index contributed by atoms with van der Waals surface area (Å²) in [5.74, 6) is 0. The largest absolute Gasteiger partial charge is 0.281 e. The third kappa shape index (κ3) is 1.26. The summed E-state index contributed by atoms with van der Waals surface area (Å²) in [6.07, 6.45) is 2.32. The molecule has 0 aliphatic carbocycles. The topological polar surface area (TPSA) is 66.1 Å². The molecule has 1 aliphatic heterocycles. The van der Waals surface area contributed by atoms with Crippen LogP contribution in [0.5, 0.6) is 0 Å². The Hall–Kier alpha value is -0.880. The second-order valence-corrected chi connectivity index (χ2v) is 5.02. The highest BCUT2D eigenvalue weighted by atomic mass is 32.2. The van der Waals surface area contributed by atoms with Crippen molar-refractivity contribution in [2.24, 2.45) is 0 Å². The van der Waals surface area contributed by atoms with Gasteiger partial charge in [0.15, 0.2) is 0 Å². The van der Waals surface area contributed by atoms with E-state index >= 15 is 0 Å². The predicted octanol–water partition coefficient (Wildman–Crippen LogP) is 0.113. The molecule has 2 heterocycles. The van der Waals surface area contributed by atoms with E-state index in [1.807, 2.05) is 0 Å². The van der Waals surface area contributed by atoms with E-state index < -0.39 is 10.0 Å². The third-order valence-corrected chi connectivity index (χ3v) is 4.23. The van der Waals surface area contributed by atoms with Crippen molar-refractivity contribution in [3.63, 3.8) is 0 Å². The van der Waals surface area contributed by atoms with Gasteiger partial charge in [0.05, 0.1) is 11.9 Å². The van der Waals surface area contributed by atoms with E-state index in [9.17, 15) is 8.42 Å². The molecule has 6 heteroatoms. The molecule has 0 atom stereocenters. The van der Waals surface area contributed by atoms with Crippen LogP contribution in [0.2, 0.25) is 0 Å². The van der Waals surface area contributed by atoms with Gasteiger partial charge in [0, 0.05) is 13.1 Å². The van der Waals surface area contributed by atoms with Crippen LogP contribution in [-0.4, -0.2) is 36.0 Å². The molecule has 0 amide bonds. The molecule has 0 aromatic carbocycles. The number of aryl methyl sites for hydroxylation is 1. The van der Waals surface area contributed by atoms with Gasteiger partial charge in [0.25, 0.3) is 0 Å². The van der Waals surface area contributed by atoms with Crippen LogP contribution in [0.25, 0.3) is 0 Å². The van der Waals surface area contributed by atoms with Crippen LogP contribution in [0.3, 0.4) is 0 Å². The van der Waals surface area contributed by atoms with Crippen LogP contribution < -0.4 is 0 Å². The zero-order valence-corrected chi connectivity index (χ0v) is 8.13. The molecule has 1 aromatic heterocycles.